The monoisotopic (exact) mass is 580 g/mol. The Morgan fingerprint density at radius 1 is 1.05 bits per heavy atom. The molecule has 0 radical (unpaired) electrons. The number of benzene rings is 1. The van der Waals surface area contributed by atoms with Crippen molar-refractivity contribution in [1.29, 1.82) is 0 Å². The number of carbonyl (C=O) groups is 4. The average Bonchev–Trinajstić information content (AvgIpc) is 3.48. The van der Waals surface area contributed by atoms with E-state index in [1.807, 2.05) is 30.3 Å². The van der Waals surface area contributed by atoms with Crippen LogP contribution in [0.4, 0.5) is 0 Å². The number of aliphatic carboxylic acids is 1. The van der Waals surface area contributed by atoms with Gasteiger partial charge in [0.1, 0.15) is 30.6 Å². The fraction of sp³-hybridized carbons (Fsp3) is 0.414. The Balaban J connectivity index is 0.000000312. The fourth-order valence-corrected chi connectivity index (χ4v) is 5.38. The van der Waals surface area contributed by atoms with E-state index in [2.05, 4.69) is 15.1 Å². The standard InChI is InChI=1S/C22H28N2O5.C7H8N4O2/c25-19(14-23-15-20(26)29-16-17-8-3-1-4-9-17)24-13-7-12-22(24,21(27)28)18-10-5-2-6-11-18;8-6(11-13)5-2-1-4(3-10-5)7(9)12/h1,3-4,8-9,15,18H,2,5-7,10-14,16H2,(H,27,28);1-3,13H,(H2,8,11)(H2,9,12)/t22-;/m1./s1. The van der Waals surface area contributed by atoms with Crippen molar-refractivity contribution in [1.82, 2.24) is 9.88 Å². The van der Waals surface area contributed by atoms with E-state index in [4.69, 9.17) is 21.4 Å². The largest absolute Gasteiger partial charge is 0.479 e. The van der Waals surface area contributed by atoms with Gasteiger partial charge in [-0.3, -0.25) is 19.6 Å². The Kier molecular flexibility index (Phi) is 11.5. The van der Waals surface area contributed by atoms with Crippen LogP contribution in [0.5, 0.6) is 0 Å². The van der Waals surface area contributed by atoms with Gasteiger partial charge in [0.05, 0.1) is 5.56 Å². The molecule has 0 spiro atoms. The van der Waals surface area contributed by atoms with Crippen LogP contribution >= 0.6 is 0 Å². The number of esters is 1. The van der Waals surface area contributed by atoms with Gasteiger partial charge in [0.25, 0.3) is 0 Å². The maximum absolute atomic E-state index is 12.8. The number of rotatable bonds is 9. The van der Waals surface area contributed by atoms with Gasteiger partial charge in [-0.05, 0) is 49.3 Å². The minimum Gasteiger partial charge on any atom is -0.479 e. The lowest BCUT2D eigenvalue weighted by molar-refractivity contribution is -0.161. The van der Waals surface area contributed by atoms with Gasteiger partial charge in [-0.1, -0.05) is 54.8 Å². The summed E-state index contributed by atoms with van der Waals surface area (Å²) in [4.78, 5) is 56.6. The number of carbonyl (C=O) groups excluding carboxylic acids is 3. The number of carboxylic acid groups (broad SMARTS) is 1. The summed E-state index contributed by atoms with van der Waals surface area (Å²) in [7, 11) is 0. The zero-order chi connectivity index (χ0) is 30.5. The highest BCUT2D eigenvalue weighted by Crippen LogP contribution is 2.43. The lowest BCUT2D eigenvalue weighted by Gasteiger charge is -2.42. The van der Waals surface area contributed by atoms with Crippen LogP contribution in [0.25, 0.3) is 0 Å². The number of pyridine rings is 1. The molecule has 0 unspecified atom stereocenters. The number of ether oxygens (including phenoxy) is 1. The summed E-state index contributed by atoms with van der Waals surface area (Å²) in [5.74, 6) is -2.58. The quantitative estimate of drug-likeness (QED) is 0.112. The molecule has 1 aromatic heterocycles. The normalized spacial score (nSPS) is 19.1. The van der Waals surface area contributed by atoms with Gasteiger partial charge >= 0.3 is 11.9 Å². The van der Waals surface area contributed by atoms with E-state index in [0.29, 0.717) is 19.4 Å². The number of primary amides is 1. The predicted molar refractivity (Wildman–Crippen MR) is 153 cm³/mol. The van der Waals surface area contributed by atoms with Crippen molar-refractivity contribution in [2.45, 2.75) is 57.1 Å². The van der Waals surface area contributed by atoms with Gasteiger partial charge in [-0.15, -0.1) is 0 Å². The molecule has 1 saturated carbocycles. The van der Waals surface area contributed by atoms with Crippen LogP contribution in [0.2, 0.25) is 0 Å². The zero-order valence-electron chi connectivity index (χ0n) is 23.2. The van der Waals surface area contributed by atoms with Gasteiger partial charge in [0, 0.05) is 12.7 Å². The van der Waals surface area contributed by atoms with E-state index in [9.17, 15) is 24.3 Å². The number of nitrogens with two attached hydrogens (primary N) is 2. The van der Waals surface area contributed by atoms with Crippen LogP contribution in [0.1, 0.15) is 66.6 Å². The first-order valence-electron chi connectivity index (χ1n) is 13.7. The molecule has 2 aromatic rings. The van der Waals surface area contributed by atoms with E-state index in [-0.39, 0.29) is 42.1 Å². The van der Waals surface area contributed by atoms with Crippen molar-refractivity contribution >= 4 is 35.8 Å². The molecule has 6 N–H and O–H groups in total. The van der Waals surface area contributed by atoms with Crippen molar-refractivity contribution in [3.63, 3.8) is 0 Å². The first kappa shape index (κ1) is 31.7. The van der Waals surface area contributed by atoms with Gasteiger partial charge in [0.15, 0.2) is 5.84 Å². The molecule has 1 aromatic carbocycles. The number of likely N-dealkylation sites (tertiary alicyclic amines) is 1. The molecule has 1 aliphatic carbocycles. The van der Waals surface area contributed by atoms with Gasteiger partial charge in [-0.2, -0.15) is 0 Å². The predicted octanol–water partition coefficient (Wildman–Crippen LogP) is 2.10. The van der Waals surface area contributed by atoms with E-state index in [0.717, 1.165) is 43.9 Å². The van der Waals surface area contributed by atoms with Crippen LogP contribution in [-0.2, 0) is 25.7 Å². The number of amidine groups is 1. The molecular formula is C29H36N6O7. The number of oxime groups is 1. The maximum Gasteiger partial charge on any atom is 0.349 e. The Bertz CT molecular complexity index is 1290. The Morgan fingerprint density at radius 2 is 1.76 bits per heavy atom. The highest BCUT2D eigenvalue weighted by Gasteiger charge is 2.54. The Labute approximate surface area is 243 Å². The van der Waals surface area contributed by atoms with Gasteiger partial charge < -0.3 is 31.4 Å². The third-order valence-corrected chi connectivity index (χ3v) is 7.44. The smallest absolute Gasteiger partial charge is 0.349 e. The number of nitrogens with zero attached hydrogens (tertiary/aromatic N) is 4. The first-order chi connectivity index (χ1) is 20.2. The van der Waals surface area contributed by atoms with Crippen LogP contribution < -0.4 is 11.5 Å². The molecule has 2 fully saturated rings. The molecule has 13 nitrogen and oxygen atoms in total. The van der Waals surface area contributed by atoms with Crippen molar-refractivity contribution in [3.8, 4) is 0 Å². The first-order valence-corrected chi connectivity index (χ1v) is 13.7. The lowest BCUT2D eigenvalue weighted by atomic mass is 9.73. The number of hydrogen-bond acceptors (Lipinski definition) is 9. The summed E-state index contributed by atoms with van der Waals surface area (Å²) >= 11 is 0. The third kappa shape index (κ3) is 8.12. The van der Waals surface area contributed by atoms with Gasteiger partial charge in [0.2, 0.25) is 11.8 Å². The molecule has 2 aliphatic rings. The van der Waals surface area contributed by atoms with E-state index >= 15 is 0 Å². The number of amides is 2. The molecule has 1 atom stereocenters. The summed E-state index contributed by atoms with van der Waals surface area (Å²) in [6.07, 6.45) is 8.24. The van der Waals surface area contributed by atoms with Crippen molar-refractivity contribution in [2.24, 2.45) is 27.5 Å². The number of carboxylic acids is 1. The summed E-state index contributed by atoms with van der Waals surface area (Å²) in [5.41, 5.74) is 10.5. The summed E-state index contributed by atoms with van der Waals surface area (Å²) in [6, 6.07) is 12.2. The van der Waals surface area contributed by atoms with Crippen LogP contribution in [0.15, 0.2) is 58.8 Å². The highest BCUT2D eigenvalue weighted by molar-refractivity contribution is 6.23. The summed E-state index contributed by atoms with van der Waals surface area (Å²) in [5, 5.41) is 21.1. The average molecular weight is 581 g/mol. The van der Waals surface area contributed by atoms with E-state index in [1.165, 1.54) is 23.2 Å². The molecule has 0 bridgehead atoms. The summed E-state index contributed by atoms with van der Waals surface area (Å²) < 4.78 is 5.10. The second kappa shape index (κ2) is 15.3. The molecule has 2 amide bonds. The maximum atomic E-state index is 12.8. The molecule has 42 heavy (non-hydrogen) atoms. The van der Waals surface area contributed by atoms with E-state index < -0.39 is 23.4 Å². The number of aromatic nitrogens is 1. The Hall–Kier alpha value is -4.81. The lowest BCUT2D eigenvalue weighted by Crippen LogP contribution is -2.58. The summed E-state index contributed by atoms with van der Waals surface area (Å²) in [6.45, 7) is 0.313. The zero-order valence-corrected chi connectivity index (χ0v) is 23.2. The fourth-order valence-electron chi connectivity index (χ4n) is 5.38. The second-order valence-electron chi connectivity index (χ2n) is 10.1. The molecule has 13 heteroatoms. The van der Waals surface area contributed by atoms with Crippen LogP contribution in [0.3, 0.4) is 0 Å². The van der Waals surface area contributed by atoms with Crippen LogP contribution in [-0.4, -0.2) is 74.6 Å². The van der Waals surface area contributed by atoms with E-state index in [1.54, 1.807) is 0 Å². The molecule has 2 heterocycles. The molecular weight excluding hydrogens is 544 g/mol. The SMILES string of the molecule is NC(=O)c1ccc(C(N)=NO)nc1.O=C(C=NCC(=O)N1CCC[C@]1(C(=O)O)C1CCCCC1)OCc1ccccc1. The third-order valence-electron chi connectivity index (χ3n) is 7.44. The minimum absolute atomic E-state index is 0.0139. The minimum atomic E-state index is -1.12. The molecule has 224 valence electrons. The van der Waals surface area contributed by atoms with Gasteiger partial charge in [-0.25, -0.2) is 9.59 Å². The molecule has 1 aliphatic heterocycles. The highest BCUT2D eigenvalue weighted by atomic mass is 16.5. The topological polar surface area (TPSA) is 211 Å². The molecule has 4 rings (SSSR count). The van der Waals surface area contributed by atoms with Crippen molar-refractivity contribution in [2.75, 3.05) is 13.1 Å². The second-order valence-corrected chi connectivity index (χ2v) is 10.1. The van der Waals surface area contributed by atoms with Crippen molar-refractivity contribution in [3.05, 3.63) is 65.5 Å². The number of hydrogen-bond donors (Lipinski definition) is 4. The molecule has 1 saturated heterocycles. The van der Waals surface area contributed by atoms with Crippen molar-refractivity contribution < 1.29 is 34.2 Å². The number of aliphatic imine (C=N–C) groups is 1. The van der Waals surface area contributed by atoms with Crippen LogP contribution in [0, 0.1) is 5.92 Å². The Morgan fingerprint density at radius 3 is 2.36 bits per heavy atom.